The average molecular weight is 496 g/mol. The highest BCUT2D eigenvalue weighted by atomic mass is 19.1. The van der Waals surface area contributed by atoms with Gasteiger partial charge in [-0.1, -0.05) is 26.0 Å². The predicted molar refractivity (Wildman–Crippen MR) is 138 cm³/mol. The van der Waals surface area contributed by atoms with Crippen LogP contribution in [0.15, 0.2) is 42.6 Å². The summed E-state index contributed by atoms with van der Waals surface area (Å²) in [4.78, 5) is 39.8. The molecule has 2 amide bonds. The summed E-state index contributed by atoms with van der Waals surface area (Å²) < 4.78 is 20.4. The maximum absolute atomic E-state index is 13.4. The first-order valence-corrected chi connectivity index (χ1v) is 12.3. The molecule has 1 aliphatic rings. The van der Waals surface area contributed by atoms with Crippen LogP contribution in [0.3, 0.4) is 0 Å². The Hall–Kier alpha value is -3.68. The number of rotatable bonds is 6. The first kappa shape index (κ1) is 26.9. The molecule has 36 heavy (non-hydrogen) atoms. The topological polar surface area (TPSA) is 80.6 Å². The van der Waals surface area contributed by atoms with Crippen molar-refractivity contribution in [2.45, 2.75) is 33.1 Å². The van der Waals surface area contributed by atoms with Crippen molar-refractivity contribution >= 4 is 28.5 Å². The fraction of sp³-hybridized carbons (Fsp3) is 0.393. The van der Waals surface area contributed by atoms with Gasteiger partial charge < -0.3 is 19.5 Å². The zero-order chi connectivity index (χ0) is 26.4. The quantitative estimate of drug-likeness (QED) is 0.407. The van der Waals surface area contributed by atoms with Gasteiger partial charge in [-0.3, -0.25) is 14.4 Å². The SMILES string of the molecule is CC.CNC(=O)C(=O)c1cn(C)c2cc(OC)c(C(=O)N3CCC(Cc4ccc(F)cc4)CC3)cc12. The number of likely N-dealkylation sites (tertiary alicyclic amines) is 1. The molecular weight excluding hydrogens is 461 g/mol. The standard InChI is InChI=1S/C26H28FN3O4.C2H6/c1-28-25(32)24(31)21-15-29(2)22-14-23(34-3)20(13-19(21)22)26(33)30-10-8-17(9-11-30)12-16-4-6-18(27)7-5-16;1-2/h4-7,13-15,17H,8-12H2,1-3H3,(H,28,32);1-2H3. The molecule has 1 aromatic heterocycles. The lowest BCUT2D eigenvalue weighted by Crippen LogP contribution is -2.39. The number of Topliss-reactive ketones (excluding diaryl/α,β-unsaturated/α-hetero) is 1. The fourth-order valence-corrected chi connectivity index (χ4v) is 4.63. The molecule has 0 aliphatic carbocycles. The lowest BCUT2D eigenvalue weighted by molar-refractivity contribution is -0.116. The molecule has 7 nitrogen and oxygen atoms in total. The van der Waals surface area contributed by atoms with Crippen LogP contribution >= 0.6 is 0 Å². The third-order valence-electron chi connectivity index (χ3n) is 6.56. The number of halogens is 1. The average Bonchev–Trinajstić information content (AvgIpc) is 3.24. The van der Waals surface area contributed by atoms with Gasteiger partial charge in [0.05, 0.1) is 23.8 Å². The first-order valence-electron chi connectivity index (χ1n) is 12.3. The molecule has 1 saturated heterocycles. The van der Waals surface area contributed by atoms with Crippen molar-refractivity contribution in [2.24, 2.45) is 13.0 Å². The fourth-order valence-electron chi connectivity index (χ4n) is 4.63. The van der Waals surface area contributed by atoms with Crippen molar-refractivity contribution in [2.75, 3.05) is 27.2 Å². The number of amides is 2. The van der Waals surface area contributed by atoms with Gasteiger partial charge in [0.25, 0.3) is 17.6 Å². The molecule has 0 spiro atoms. The highest BCUT2D eigenvalue weighted by Crippen LogP contribution is 2.32. The number of fused-ring (bicyclic) bond motifs is 1. The number of likely N-dealkylation sites (N-methyl/N-ethyl adjacent to an activating group) is 1. The van der Waals surface area contributed by atoms with E-state index >= 15 is 0 Å². The van der Waals surface area contributed by atoms with Gasteiger partial charge in [-0.05, 0) is 48.9 Å². The summed E-state index contributed by atoms with van der Waals surface area (Å²) in [7, 11) is 4.69. The summed E-state index contributed by atoms with van der Waals surface area (Å²) in [5.74, 6) is -0.927. The maximum atomic E-state index is 13.4. The van der Waals surface area contributed by atoms with E-state index in [9.17, 15) is 18.8 Å². The number of hydrogen-bond donors (Lipinski definition) is 1. The van der Waals surface area contributed by atoms with Crippen molar-refractivity contribution in [3.05, 3.63) is 65.1 Å². The number of ether oxygens (including phenoxy) is 1. The summed E-state index contributed by atoms with van der Waals surface area (Å²) in [5.41, 5.74) is 2.39. The predicted octanol–water partition coefficient (Wildman–Crippen LogP) is 4.38. The summed E-state index contributed by atoms with van der Waals surface area (Å²) in [5, 5.41) is 2.89. The van der Waals surface area contributed by atoms with Crippen LogP contribution in [0.4, 0.5) is 4.39 Å². The van der Waals surface area contributed by atoms with Crippen molar-refractivity contribution in [3.8, 4) is 5.75 Å². The minimum Gasteiger partial charge on any atom is -0.496 e. The smallest absolute Gasteiger partial charge is 0.292 e. The number of nitrogens with zero attached hydrogens (tertiary/aromatic N) is 2. The van der Waals surface area contributed by atoms with E-state index in [0.717, 1.165) is 24.8 Å². The molecular formula is C28H34FN3O4. The second kappa shape index (κ2) is 11.8. The largest absolute Gasteiger partial charge is 0.496 e. The lowest BCUT2D eigenvalue weighted by atomic mass is 9.90. The summed E-state index contributed by atoms with van der Waals surface area (Å²) in [6.07, 6.45) is 4.14. The molecule has 0 atom stereocenters. The number of carbonyl (C=O) groups is 3. The van der Waals surface area contributed by atoms with E-state index in [4.69, 9.17) is 4.74 Å². The highest BCUT2D eigenvalue weighted by molar-refractivity contribution is 6.45. The van der Waals surface area contributed by atoms with Crippen molar-refractivity contribution in [3.63, 3.8) is 0 Å². The number of nitrogens with one attached hydrogen (secondary N) is 1. The minimum atomic E-state index is -0.709. The molecule has 1 aliphatic heterocycles. The molecule has 2 aromatic carbocycles. The van der Waals surface area contributed by atoms with Gasteiger partial charge in [0.1, 0.15) is 11.6 Å². The molecule has 1 N–H and O–H groups in total. The van der Waals surface area contributed by atoms with Gasteiger partial charge in [-0.25, -0.2) is 4.39 Å². The van der Waals surface area contributed by atoms with Crippen LogP contribution in [-0.4, -0.2) is 54.3 Å². The zero-order valence-electron chi connectivity index (χ0n) is 21.6. The molecule has 0 unspecified atom stereocenters. The molecule has 1 fully saturated rings. The second-order valence-corrected chi connectivity index (χ2v) is 8.70. The lowest BCUT2D eigenvalue weighted by Gasteiger charge is -2.32. The van der Waals surface area contributed by atoms with Crippen molar-refractivity contribution in [1.82, 2.24) is 14.8 Å². The number of ketones is 1. The molecule has 2 heterocycles. The Bertz CT molecular complexity index is 1240. The van der Waals surface area contributed by atoms with Gasteiger partial charge in [0, 0.05) is 44.8 Å². The van der Waals surface area contributed by atoms with E-state index in [2.05, 4.69) is 5.32 Å². The van der Waals surface area contributed by atoms with E-state index in [0.29, 0.717) is 41.2 Å². The molecule has 192 valence electrons. The molecule has 0 bridgehead atoms. The van der Waals surface area contributed by atoms with Crippen LogP contribution in [0.25, 0.3) is 10.9 Å². The highest BCUT2D eigenvalue weighted by Gasteiger charge is 2.28. The molecule has 0 saturated carbocycles. The van der Waals surface area contributed by atoms with E-state index in [-0.39, 0.29) is 17.3 Å². The molecule has 4 rings (SSSR count). The van der Waals surface area contributed by atoms with Crippen molar-refractivity contribution in [1.29, 1.82) is 0 Å². The third kappa shape index (κ3) is 5.58. The molecule has 8 heteroatoms. The van der Waals surface area contributed by atoms with Crippen LogP contribution < -0.4 is 10.1 Å². The van der Waals surface area contributed by atoms with E-state index < -0.39 is 11.7 Å². The third-order valence-corrected chi connectivity index (χ3v) is 6.56. The maximum Gasteiger partial charge on any atom is 0.292 e. The van der Waals surface area contributed by atoms with Crippen LogP contribution in [-0.2, 0) is 18.3 Å². The van der Waals surface area contributed by atoms with Gasteiger partial charge in [0.2, 0.25) is 0 Å². The number of aromatic nitrogens is 1. The van der Waals surface area contributed by atoms with Crippen molar-refractivity contribution < 1.29 is 23.5 Å². The van der Waals surface area contributed by atoms with E-state index in [1.165, 1.54) is 26.3 Å². The zero-order valence-corrected chi connectivity index (χ0v) is 21.6. The number of aryl methyl sites for hydroxylation is 1. The number of piperidine rings is 1. The van der Waals surface area contributed by atoms with E-state index in [1.807, 2.05) is 26.0 Å². The van der Waals surface area contributed by atoms with Crippen LogP contribution in [0, 0.1) is 11.7 Å². The van der Waals surface area contributed by atoms with Gasteiger partial charge >= 0.3 is 0 Å². The van der Waals surface area contributed by atoms with E-state index in [1.54, 1.807) is 34.8 Å². The molecule has 0 radical (unpaired) electrons. The second-order valence-electron chi connectivity index (χ2n) is 8.70. The number of carbonyl (C=O) groups excluding carboxylic acids is 3. The Morgan fingerprint density at radius 3 is 2.28 bits per heavy atom. The first-order chi connectivity index (χ1) is 17.3. The molecule has 3 aromatic rings. The monoisotopic (exact) mass is 495 g/mol. The van der Waals surface area contributed by atoms with Gasteiger partial charge in [-0.15, -0.1) is 0 Å². The Labute approximate surface area is 211 Å². The summed E-state index contributed by atoms with van der Waals surface area (Å²) in [6, 6.07) is 9.95. The number of hydrogen-bond acceptors (Lipinski definition) is 4. The Morgan fingerprint density at radius 1 is 1.06 bits per heavy atom. The Kier molecular flexibility index (Phi) is 8.85. The van der Waals surface area contributed by atoms with Crippen LogP contribution in [0.1, 0.15) is 53.0 Å². The Balaban J connectivity index is 0.00000176. The van der Waals surface area contributed by atoms with Gasteiger partial charge in [0.15, 0.2) is 0 Å². The Morgan fingerprint density at radius 2 is 1.69 bits per heavy atom. The minimum absolute atomic E-state index is 0.166. The number of methoxy groups -OCH3 is 1. The normalized spacial score (nSPS) is 13.7. The van der Waals surface area contributed by atoms with Crippen LogP contribution in [0.5, 0.6) is 5.75 Å². The summed E-state index contributed by atoms with van der Waals surface area (Å²) >= 11 is 0. The van der Waals surface area contributed by atoms with Gasteiger partial charge in [-0.2, -0.15) is 0 Å². The van der Waals surface area contributed by atoms with Crippen LogP contribution in [0.2, 0.25) is 0 Å². The number of benzene rings is 2. The summed E-state index contributed by atoms with van der Waals surface area (Å²) in [6.45, 7) is 5.20.